The molecule has 2 aromatic rings. The van der Waals surface area contributed by atoms with E-state index in [2.05, 4.69) is 29.4 Å². The van der Waals surface area contributed by atoms with Crippen LogP contribution in [0, 0.1) is 6.92 Å². The smallest absolute Gasteiger partial charge is 0.237 e. The summed E-state index contributed by atoms with van der Waals surface area (Å²) in [5.74, 6) is 6.39. The van der Waals surface area contributed by atoms with Crippen LogP contribution in [0.3, 0.4) is 0 Å². The van der Waals surface area contributed by atoms with E-state index in [1.165, 1.54) is 16.4 Å². The number of nitrogens with one attached hydrogen (secondary N) is 1. The molecule has 0 bridgehead atoms. The largest absolute Gasteiger partial charge is 0.336 e. The molecule has 124 valence electrons. The number of thioether (sulfide) groups is 1. The van der Waals surface area contributed by atoms with Gasteiger partial charge in [0.15, 0.2) is 0 Å². The maximum absolute atomic E-state index is 12.5. The van der Waals surface area contributed by atoms with Crippen molar-refractivity contribution in [2.24, 2.45) is 0 Å². The minimum absolute atomic E-state index is 0.0637. The zero-order chi connectivity index (χ0) is 17.0. The predicted octanol–water partition coefficient (Wildman–Crippen LogP) is 2.54. The summed E-state index contributed by atoms with van der Waals surface area (Å²) in [5.41, 5.74) is 3.22. The Balaban J connectivity index is 2.14. The molecule has 7 heteroatoms. The number of hydrogen-bond acceptors (Lipinski definition) is 5. The highest BCUT2D eigenvalue weighted by molar-refractivity contribution is 8.00. The van der Waals surface area contributed by atoms with Crippen molar-refractivity contribution in [3.63, 3.8) is 0 Å². The lowest BCUT2D eigenvalue weighted by atomic mass is 10.0. The van der Waals surface area contributed by atoms with Gasteiger partial charge in [0.05, 0.1) is 5.25 Å². The minimum atomic E-state index is -0.324. The molecule has 0 fully saturated rings. The lowest BCUT2D eigenvalue weighted by Crippen LogP contribution is -2.25. The zero-order valence-corrected chi connectivity index (χ0v) is 14.8. The summed E-state index contributed by atoms with van der Waals surface area (Å²) < 4.78 is 1.39. The van der Waals surface area contributed by atoms with E-state index in [-0.39, 0.29) is 11.2 Å². The van der Waals surface area contributed by atoms with Crippen LogP contribution in [0.25, 0.3) is 0 Å². The molecule has 0 spiro atoms. The summed E-state index contributed by atoms with van der Waals surface area (Å²) >= 11 is 1.30. The number of benzene rings is 1. The highest BCUT2D eigenvalue weighted by Gasteiger charge is 2.20. The molecule has 3 N–H and O–H groups in total. The molecule has 1 unspecified atom stereocenters. The molecule has 0 aliphatic rings. The van der Waals surface area contributed by atoms with E-state index >= 15 is 0 Å². The normalized spacial score (nSPS) is 12.2. The first-order valence-corrected chi connectivity index (χ1v) is 8.61. The molecule has 0 saturated carbocycles. The van der Waals surface area contributed by atoms with E-state index < -0.39 is 0 Å². The second kappa shape index (κ2) is 7.50. The molecule has 23 heavy (non-hydrogen) atoms. The Bertz CT molecular complexity index is 676. The van der Waals surface area contributed by atoms with Gasteiger partial charge in [-0.15, -0.1) is 10.2 Å². The number of aromatic nitrogens is 3. The second-order valence-corrected chi connectivity index (χ2v) is 6.62. The molecule has 0 aliphatic carbocycles. The molecule has 0 aliphatic heterocycles. The van der Waals surface area contributed by atoms with E-state index in [0.29, 0.717) is 11.0 Å². The van der Waals surface area contributed by atoms with Crippen LogP contribution >= 0.6 is 11.8 Å². The first kappa shape index (κ1) is 17.3. The third-order valence-electron chi connectivity index (χ3n) is 3.73. The van der Waals surface area contributed by atoms with Crippen molar-refractivity contribution >= 4 is 23.4 Å². The fraction of sp³-hybridized carbons (Fsp3) is 0.438. The first-order valence-electron chi connectivity index (χ1n) is 7.73. The third-order valence-corrected chi connectivity index (χ3v) is 4.79. The number of aryl methyl sites for hydroxylation is 3. The lowest BCUT2D eigenvalue weighted by Gasteiger charge is -2.17. The fourth-order valence-electron chi connectivity index (χ4n) is 2.27. The van der Waals surface area contributed by atoms with Crippen LogP contribution in [0.2, 0.25) is 0 Å². The number of nitrogens with two attached hydrogens (primary N) is 1. The maximum Gasteiger partial charge on any atom is 0.237 e. The number of rotatable bonds is 6. The van der Waals surface area contributed by atoms with Gasteiger partial charge in [0.1, 0.15) is 5.82 Å². The van der Waals surface area contributed by atoms with Gasteiger partial charge < -0.3 is 11.2 Å². The topological polar surface area (TPSA) is 85.8 Å². The van der Waals surface area contributed by atoms with Crippen molar-refractivity contribution in [2.45, 2.75) is 50.9 Å². The molecular formula is C16H23N5OS. The highest BCUT2D eigenvalue weighted by atomic mass is 32.2. The molecule has 6 nitrogen and oxygen atoms in total. The van der Waals surface area contributed by atoms with Crippen molar-refractivity contribution < 1.29 is 4.79 Å². The molecular weight excluding hydrogens is 310 g/mol. The average molecular weight is 333 g/mol. The summed E-state index contributed by atoms with van der Waals surface area (Å²) in [6, 6.07) is 6.13. The molecule has 1 aromatic carbocycles. The fourth-order valence-corrected chi connectivity index (χ4v) is 3.09. The van der Waals surface area contributed by atoms with E-state index in [0.717, 1.165) is 29.7 Å². The van der Waals surface area contributed by atoms with Crippen LogP contribution < -0.4 is 11.2 Å². The van der Waals surface area contributed by atoms with Gasteiger partial charge in [0.2, 0.25) is 11.1 Å². The van der Waals surface area contributed by atoms with Gasteiger partial charge in [0.25, 0.3) is 0 Å². The Hall–Kier alpha value is -2.02. The number of carbonyl (C=O) groups excluding carboxylic acids is 1. The first-order chi connectivity index (χ1) is 11.0. The lowest BCUT2D eigenvalue weighted by molar-refractivity contribution is -0.115. The summed E-state index contributed by atoms with van der Waals surface area (Å²) in [6.07, 6.45) is 1.75. The van der Waals surface area contributed by atoms with Crippen LogP contribution in [0.1, 0.15) is 37.7 Å². The standard InChI is InChI=1S/C16H23N5OS/c1-5-12-8-7-9-13(6-2)14(12)18-15(22)10(3)23-16-20-19-11(4)21(16)17/h7-10H,5-6,17H2,1-4H3,(H,18,22). The van der Waals surface area contributed by atoms with Gasteiger partial charge in [0, 0.05) is 5.69 Å². The molecule has 1 atom stereocenters. The van der Waals surface area contributed by atoms with Crippen molar-refractivity contribution in [3.8, 4) is 0 Å². The van der Waals surface area contributed by atoms with Crippen LogP contribution in [-0.4, -0.2) is 26.0 Å². The number of carbonyl (C=O) groups is 1. The van der Waals surface area contributed by atoms with E-state index in [9.17, 15) is 4.79 Å². The zero-order valence-electron chi connectivity index (χ0n) is 14.0. The Morgan fingerprint density at radius 2 is 1.91 bits per heavy atom. The second-order valence-electron chi connectivity index (χ2n) is 5.31. The Morgan fingerprint density at radius 3 is 2.39 bits per heavy atom. The molecule has 0 radical (unpaired) electrons. The van der Waals surface area contributed by atoms with Crippen LogP contribution in [0.5, 0.6) is 0 Å². The number of hydrogen-bond donors (Lipinski definition) is 2. The summed E-state index contributed by atoms with van der Waals surface area (Å²) in [5, 5.41) is 11.2. The Labute approximate surface area is 140 Å². The number of anilines is 1. The van der Waals surface area contributed by atoms with Crippen molar-refractivity contribution in [1.29, 1.82) is 0 Å². The SMILES string of the molecule is CCc1cccc(CC)c1NC(=O)C(C)Sc1nnc(C)n1N. The van der Waals surface area contributed by atoms with Gasteiger partial charge in [-0.25, -0.2) is 4.68 Å². The summed E-state index contributed by atoms with van der Waals surface area (Å²) in [6.45, 7) is 7.78. The number of nitrogens with zero attached hydrogens (tertiary/aromatic N) is 3. The number of para-hydroxylation sites is 1. The third kappa shape index (κ3) is 3.85. The van der Waals surface area contributed by atoms with Crippen molar-refractivity contribution in [2.75, 3.05) is 11.2 Å². The molecule has 1 aromatic heterocycles. The van der Waals surface area contributed by atoms with Crippen molar-refractivity contribution in [3.05, 3.63) is 35.2 Å². The maximum atomic E-state index is 12.5. The summed E-state index contributed by atoms with van der Waals surface area (Å²) in [4.78, 5) is 12.5. The van der Waals surface area contributed by atoms with E-state index in [1.807, 2.05) is 25.1 Å². The Morgan fingerprint density at radius 1 is 1.30 bits per heavy atom. The molecule has 2 rings (SSSR count). The Kier molecular flexibility index (Phi) is 5.65. The molecule has 1 heterocycles. The van der Waals surface area contributed by atoms with Gasteiger partial charge in [-0.05, 0) is 37.8 Å². The van der Waals surface area contributed by atoms with Gasteiger partial charge >= 0.3 is 0 Å². The average Bonchev–Trinajstić information content (AvgIpc) is 2.86. The molecule has 1 amide bonds. The quantitative estimate of drug-likeness (QED) is 0.627. The highest BCUT2D eigenvalue weighted by Crippen LogP contribution is 2.26. The molecule has 0 saturated heterocycles. The van der Waals surface area contributed by atoms with Gasteiger partial charge in [-0.3, -0.25) is 4.79 Å². The predicted molar refractivity (Wildman–Crippen MR) is 94.1 cm³/mol. The minimum Gasteiger partial charge on any atom is -0.336 e. The van der Waals surface area contributed by atoms with Crippen molar-refractivity contribution in [1.82, 2.24) is 14.9 Å². The van der Waals surface area contributed by atoms with Gasteiger partial charge in [-0.1, -0.05) is 43.8 Å². The monoisotopic (exact) mass is 333 g/mol. The van der Waals surface area contributed by atoms with E-state index in [1.54, 1.807) is 6.92 Å². The van der Waals surface area contributed by atoms with Crippen LogP contribution in [-0.2, 0) is 17.6 Å². The van der Waals surface area contributed by atoms with E-state index in [4.69, 9.17) is 5.84 Å². The van der Waals surface area contributed by atoms with Crippen LogP contribution in [0.15, 0.2) is 23.4 Å². The van der Waals surface area contributed by atoms with Gasteiger partial charge in [-0.2, -0.15) is 0 Å². The number of amides is 1. The van der Waals surface area contributed by atoms with Crippen LogP contribution in [0.4, 0.5) is 5.69 Å². The summed E-state index contributed by atoms with van der Waals surface area (Å²) in [7, 11) is 0. The number of nitrogen functional groups attached to an aromatic ring is 1.